The molecule has 0 heterocycles. The number of hydrogen-bond donors (Lipinski definition) is 0. The van der Waals surface area contributed by atoms with Crippen LogP contribution in [0.5, 0.6) is 0 Å². The maximum atomic E-state index is 10.9. The standard InChI is InChI=1S/C13H10ClNO2S/c14-11-6-2-4-8-13(11)18-9-10-5-1-3-7-12(10)15(16)17/h1-8H,9H2. The number of halogens is 1. The van der Waals surface area contributed by atoms with Crippen molar-refractivity contribution in [3.8, 4) is 0 Å². The van der Waals surface area contributed by atoms with Crippen LogP contribution in [0.3, 0.4) is 0 Å². The van der Waals surface area contributed by atoms with E-state index in [4.69, 9.17) is 11.6 Å². The van der Waals surface area contributed by atoms with Gasteiger partial charge in [-0.05, 0) is 12.1 Å². The van der Waals surface area contributed by atoms with Crippen molar-refractivity contribution in [2.24, 2.45) is 0 Å². The molecule has 0 radical (unpaired) electrons. The Bertz CT molecular complexity index is 574. The van der Waals surface area contributed by atoms with Crippen LogP contribution in [0, 0.1) is 10.1 Å². The van der Waals surface area contributed by atoms with Gasteiger partial charge in [0, 0.05) is 22.3 Å². The third-order valence-corrected chi connectivity index (χ3v) is 3.97. The molecule has 18 heavy (non-hydrogen) atoms. The van der Waals surface area contributed by atoms with Crippen LogP contribution in [0.1, 0.15) is 5.56 Å². The summed E-state index contributed by atoms with van der Waals surface area (Å²) >= 11 is 7.53. The molecule has 5 heteroatoms. The molecule has 0 aliphatic heterocycles. The van der Waals surface area contributed by atoms with E-state index in [1.165, 1.54) is 17.8 Å². The van der Waals surface area contributed by atoms with Crippen LogP contribution >= 0.6 is 23.4 Å². The zero-order valence-corrected chi connectivity index (χ0v) is 10.9. The maximum absolute atomic E-state index is 10.9. The van der Waals surface area contributed by atoms with E-state index in [1.54, 1.807) is 18.2 Å². The van der Waals surface area contributed by atoms with Crippen molar-refractivity contribution in [1.29, 1.82) is 0 Å². The lowest BCUT2D eigenvalue weighted by molar-refractivity contribution is -0.385. The Hall–Kier alpha value is -1.52. The van der Waals surface area contributed by atoms with Gasteiger partial charge in [-0.2, -0.15) is 0 Å². The van der Waals surface area contributed by atoms with Crippen LogP contribution in [-0.4, -0.2) is 4.92 Å². The third-order valence-electron chi connectivity index (χ3n) is 2.41. The number of benzene rings is 2. The molecule has 92 valence electrons. The van der Waals surface area contributed by atoms with E-state index in [0.29, 0.717) is 16.3 Å². The number of nitro groups is 1. The molecule has 2 rings (SSSR count). The van der Waals surface area contributed by atoms with Crippen LogP contribution in [-0.2, 0) is 5.75 Å². The summed E-state index contributed by atoms with van der Waals surface area (Å²) in [6, 6.07) is 14.2. The molecule has 0 bridgehead atoms. The van der Waals surface area contributed by atoms with Gasteiger partial charge in [0.25, 0.3) is 5.69 Å². The summed E-state index contributed by atoms with van der Waals surface area (Å²) in [4.78, 5) is 11.4. The molecule has 0 N–H and O–H groups in total. The second-order valence-electron chi connectivity index (χ2n) is 3.60. The fourth-order valence-corrected chi connectivity index (χ4v) is 2.76. The minimum absolute atomic E-state index is 0.150. The highest BCUT2D eigenvalue weighted by atomic mass is 35.5. The molecule has 2 aromatic rings. The van der Waals surface area contributed by atoms with Gasteiger partial charge in [-0.25, -0.2) is 0 Å². The number of thioether (sulfide) groups is 1. The Balaban J connectivity index is 2.16. The van der Waals surface area contributed by atoms with Gasteiger partial charge in [0.2, 0.25) is 0 Å². The maximum Gasteiger partial charge on any atom is 0.273 e. The molecule has 0 fully saturated rings. The first kappa shape index (κ1) is 12.9. The van der Waals surface area contributed by atoms with Crippen molar-refractivity contribution in [2.75, 3.05) is 0 Å². The number of rotatable bonds is 4. The van der Waals surface area contributed by atoms with E-state index in [9.17, 15) is 10.1 Å². The Labute approximate surface area is 114 Å². The second kappa shape index (κ2) is 5.89. The highest BCUT2D eigenvalue weighted by Crippen LogP contribution is 2.31. The molecule has 2 aromatic carbocycles. The highest BCUT2D eigenvalue weighted by molar-refractivity contribution is 7.98. The summed E-state index contributed by atoms with van der Waals surface area (Å²) in [6.45, 7) is 0. The van der Waals surface area contributed by atoms with Crippen LogP contribution < -0.4 is 0 Å². The fourth-order valence-electron chi connectivity index (χ4n) is 1.53. The molecule has 0 aromatic heterocycles. The number of nitro benzene ring substituents is 1. The average molecular weight is 280 g/mol. The molecule has 0 saturated carbocycles. The van der Waals surface area contributed by atoms with Crippen LogP contribution in [0.2, 0.25) is 5.02 Å². The van der Waals surface area contributed by atoms with E-state index in [0.717, 1.165) is 4.90 Å². The first-order valence-electron chi connectivity index (χ1n) is 5.28. The molecule has 0 amide bonds. The van der Waals surface area contributed by atoms with Crippen molar-refractivity contribution in [2.45, 2.75) is 10.6 Å². The lowest BCUT2D eigenvalue weighted by Crippen LogP contribution is -1.93. The van der Waals surface area contributed by atoms with Gasteiger partial charge < -0.3 is 0 Å². The van der Waals surface area contributed by atoms with Crippen LogP contribution in [0.15, 0.2) is 53.4 Å². The first-order valence-corrected chi connectivity index (χ1v) is 6.64. The van der Waals surface area contributed by atoms with Gasteiger partial charge in [0.05, 0.1) is 9.95 Å². The SMILES string of the molecule is O=[N+]([O-])c1ccccc1CSc1ccccc1Cl. The van der Waals surface area contributed by atoms with Gasteiger partial charge in [0.1, 0.15) is 0 Å². The normalized spacial score (nSPS) is 10.3. The highest BCUT2D eigenvalue weighted by Gasteiger charge is 2.12. The zero-order valence-electron chi connectivity index (χ0n) is 9.38. The smallest absolute Gasteiger partial charge is 0.258 e. The Kier molecular flexibility index (Phi) is 4.23. The summed E-state index contributed by atoms with van der Waals surface area (Å²) in [5, 5.41) is 11.5. The molecule has 0 aliphatic carbocycles. The van der Waals surface area contributed by atoms with Gasteiger partial charge in [0.15, 0.2) is 0 Å². The van der Waals surface area contributed by atoms with Gasteiger partial charge in [-0.15, -0.1) is 11.8 Å². The lowest BCUT2D eigenvalue weighted by Gasteiger charge is -2.04. The average Bonchev–Trinajstić information content (AvgIpc) is 2.38. The van der Waals surface area contributed by atoms with Crippen molar-refractivity contribution < 1.29 is 4.92 Å². The molecule has 0 aliphatic rings. The minimum Gasteiger partial charge on any atom is -0.258 e. The Morgan fingerprint density at radius 2 is 1.78 bits per heavy atom. The summed E-state index contributed by atoms with van der Waals surface area (Å²) in [7, 11) is 0. The topological polar surface area (TPSA) is 43.1 Å². The molecule has 0 spiro atoms. The summed E-state index contributed by atoms with van der Waals surface area (Å²) in [5.74, 6) is 0.529. The molecular weight excluding hydrogens is 270 g/mol. The first-order chi connectivity index (χ1) is 8.68. The summed E-state index contributed by atoms with van der Waals surface area (Å²) in [6.07, 6.45) is 0. The second-order valence-corrected chi connectivity index (χ2v) is 5.03. The van der Waals surface area contributed by atoms with E-state index >= 15 is 0 Å². The fraction of sp³-hybridized carbons (Fsp3) is 0.0769. The van der Waals surface area contributed by atoms with Crippen molar-refractivity contribution in [3.63, 3.8) is 0 Å². The van der Waals surface area contributed by atoms with E-state index < -0.39 is 0 Å². The lowest BCUT2D eigenvalue weighted by atomic mass is 10.2. The Morgan fingerprint density at radius 3 is 2.50 bits per heavy atom. The van der Waals surface area contributed by atoms with E-state index in [2.05, 4.69) is 0 Å². The molecule has 0 unspecified atom stereocenters. The van der Waals surface area contributed by atoms with Crippen molar-refractivity contribution in [3.05, 3.63) is 69.2 Å². The van der Waals surface area contributed by atoms with E-state index in [1.807, 2.05) is 24.3 Å². The van der Waals surface area contributed by atoms with E-state index in [-0.39, 0.29) is 10.6 Å². The predicted molar refractivity (Wildman–Crippen MR) is 74.1 cm³/mol. The largest absolute Gasteiger partial charge is 0.273 e. The third kappa shape index (κ3) is 3.03. The van der Waals surface area contributed by atoms with Gasteiger partial charge in [-0.3, -0.25) is 10.1 Å². The molecule has 0 atom stereocenters. The van der Waals surface area contributed by atoms with Gasteiger partial charge in [-0.1, -0.05) is 41.9 Å². The molecular formula is C13H10ClNO2S. The molecule has 3 nitrogen and oxygen atoms in total. The number of hydrogen-bond acceptors (Lipinski definition) is 3. The minimum atomic E-state index is -0.359. The van der Waals surface area contributed by atoms with Crippen molar-refractivity contribution >= 4 is 29.1 Å². The monoisotopic (exact) mass is 279 g/mol. The van der Waals surface area contributed by atoms with Crippen molar-refractivity contribution in [1.82, 2.24) is 0 Å². The predicted octanol–water partition coefficient (Wildman–Crippen LogP) is 4.54. The van der Waals surface area contributed by atoms with Crippen LogP contribution in [0.4, 0.5) is 5.69 Å². The number of nitrogens with zero attached hydrogens (tertiary/aromatic N) is 1. The zero-order chi connectivity index (χ0) is 13.0. The van der Waals surface area contributed by atoms with Crippen LogP contribution in [0.25, 0.3) is 0 Å². The summed E-state index contributed by atoms with van der Waals surface area (Å²) in [5.41, 5.74) is 0.851. The Morgan fingerprint density at radius 1 is 1.11 bits per heavy atom. The van der Waals surface area contributed by atoms with Gasteiger partial charge >= 0.3 is 0 Å². The molecule has 0 saturated heterocycles. The quantitative estimate of drug-likeness (QED) is 0.469. The summed E-state index contributed by atoms with van der Waals surface area (Å²) < 4.78 is 0. The number of para-hydroxylation sites is 1.